The Labute approximate surface area is 86.5 Å². The van der Waals surface area contributed by atoms with Crippen molar-refractivity contribution >= 4 is 22.7 Å². The Morgan fingerprint density at radius 1 is 1.20 bits per heavy atom. The quantitative estimate of drug-likeness (QED) is 0.585. The summed E-state index contributed by atoms with van der Waals surface area (Å²) in [5.74, 6) is -0.550. The summed E-state index contributed by atoms with van der Waals surface area (Å²) in [5, 5.41) is 0.248. The molecule has 0 aliphatic carbocycles. The van der Waals surface area contributed by atoms with E-state index in [0.29, 0.717) is 5.52 Å². The number of fused-ring (bicyclic) bond motifs is 1. The van der Waals surface area contributed by atoms with E-state index in [1.54, 1.807) is 0 Å². The van der Waals surface area contributed by atoms with E-state index in [0.717, 1.165) is 6.07 Å². The van der Waals surface area contributed by atoms with Crippen molar-refractivity contribution in [1.29, 1.82) is 0 Å². The second kappa shape index (κ2) is 3.44. The maximum Gasteiger partial charge on any atom is 0.446 e. The molecule has 0 atom stereocenters. The van der Waals surface area contributed by atoms with Gasteiger partial charge in [0.15, 0.2) is 0 Å². The van der Waals surface area contributed by atoms with Crippen LogP contribution in [0.15, 0.2) is 29.3 Å². The molecule has 0 saturated carbocycles. The first kappa shape index (κ1) is 10.4. The van der Waals surface area contributed by atoms with Crippen LogP contribution in [0.2, 0.25) is 0 Å². The van der Waals surface area contributed by atoms with Gasteiger partial charge in [-0.2, -0.15) is 13.2 Å². The zero-order valence-electron chi connectivity index (χ0n) is 7.23. The average Bonchev–Trinajstić information content (AvgIpc) is 2.46. The second-order valence-corrected chi connectivity index (χ2v) is 4.00. The van der Waals surface area contributed by atoms with Gasteiger partial charge in [0.05, 0.1) is 0 Å². The van der Waals surface area contributed by atoms with Crippen molar-refractivity contribution in [3.8, 4) is 0 Å². The predicted molar refractivity (Wildman–Crippen MR) is 50.2 cm³/mol. The SMILES string of the molecule is Fc1ccc2[nH]cc(SC(F)(F)F)c2c1. The third kappa shape index (κ3) is 2.26. The number of nitrogens with one attached hydrogen (secondary N) is 1. The highest BCUT2D eigenvalue weighted by molar-refractivity contribution is 8.00. The molecule has 1 nitrogen and oxygen atoms in total. The van der Waals surface area contributed by atoms with E-state index in [2.05, 4.69) is 4.98 Å². The highest BCUT2D eigenvalue weighted by Crippen LogP contribution is 2.40. The van der Waals surface area contributed by atoms with Crippen LogP contribution in [0.1, 0.15) is 0 Å². The van der Waals surface area contributed by atoms with Crippen molar-refractivity contribution in [3.63, 3.8) is 0 Å². The van der Waals surface area contributed by atoms with Crippen LogP contribution in [0.3, 0.4) is 0 Å². The minimum atomic E-state index is -4.36. The zero-order valence-corrected chi connectivity index (χ0v) is 8.05. The lowest BCUT2D eigenvalue weighted by molar-refractivity contribution is -0.0327. The number of hydrogen-bond acceptors (Lipinski definition) is 1. The fourth-order valence-corrected chi connectivity index (χ4v) is 1.92. The van der Waals surface area contributed by atoms with Crippen molar-refractivity contribution in [2.75, 3.05) is 0 Å². The number of hydrogen-bond donors (Lipinski definition) is 1. The first-order valence-electron chi connectivity index (χ1n) is 3.98. The van der Waals surface area contributed by atoms with E-state index in [1.165, 1.54) is 18.3 Å². The molecular formula is C9H5F4NS. The summed E-state index contributed by atoms with van der Waals surface area (Å²) < 4.78 is 49.1. The van der Waals surface area contributed by atoms with Crippen LogP contribution in [-0.4, -0.2) is 10.5 Å². The number of thioether (sulfide) groups is 1. The lowest BCUT2D eigenvalue weighted by atomic mass is 10.2. The minimum absolute atomic E-state index is 0.0167. The summed E-state index contributed by atoms with van der Waals surface area (Å²) in [5.41, 5.74) is -3.87. The van der Waals surface area contributed by atoms with E-state index in [1.807, 2.05) is 0 Å². The first-order valence-corrected chi connectivity index (χ1v) is 4.80. The maximum atomic E-state index is 12.8. The van der Waals surface area contributed by atoms with Crippen molar-refractivity contribution in [2.24, 2.45) is 0 Å². The molecule has 0 fully saturated rings. The molecule has 0 spiro atoms. The third-order valence-electron chi connectivity index (χ3n) is 1.83. The smallest absolute Gasteiger partial charge is 0.360 e. The van der Waals surface area contributed by atoms with Crippen LogP contribution in [0, 0.1) is 5.82 Å². The van der Waals surface area contributed by atoms with Gasteiger partial charge in [0.2, 0.25) is 0 Å². The molecule has 0 amide bonds. The molecule has 0 unspecified atom stereocenters. The van der Waals surface area contributed by atoms with E-state index in [-0.39, 0.29) is 22.0 Å². The summed E-state index contributed by atoms with van der Waals surface area (Å²) in [4.78, 5) is 2.63. The molecule has 6 heteroatoms. The molecule has 0 bridgehead atoms. The van der Waals surface area contributed by atoms with Gasteiger partial charge in [0, 0.05) is 22.0 Å². The predicted octanol–water partition coefficient (Wildman–Crippen LogP) is 3.92. The van der Waals surface area contributed by atoms with Gasteiger partial charge in [-0.05, 0) is 30.0 Å². The highest BCUT2D eigenvalue weighted by atomic mass is 32.2. The van der Waals surface area contributed by atoms with Crippen molar-refractivity contribution in [1.82, 2.24) is 4.98 Å². The molecule has 1 aromatic carbocycles. The Hall–Kier alpha value is -1.17. The van der Waals surface area contributed by atoms with Gasteiger partial charge < -0.3 is 4.98 Å². The van der Waals surface area contributed by atoms with Crippen LogP contribution in [0.25, 0.3) is 10.9 Å². The average molecular weight is 235 g/mol. The van der Waals surface area contributed by atoms with Crippen LogP contribution in [0.4, 0.5) is 17.6 Å². The molecule has 0 aliphatic heterocycles. The Bertz CT molecular complexity index is 488. The number of benzene rings is 1. The summed E-state index contributed by atoms with van der Waals surface area (Å²) in [6.45, 7) is 0. The van der Waals surface area contributed by atoms with Crippen LogP contribution in [-0.2, 0) is 0 Å². The Morgan fingerprint density at radius 3 is 2.60 bits per heavy atom. The molecular weight excluding hydrogens is 230 g/mol. The normalized spacial score (nSPS) is 12.3. The molecule has 1 aromatic heterocycles. The monoisotopic (exact) mass is 235 g/mol. The number of alkyl halides is 3. The second-order valence-electron chi connectivity index (χ2n) is 2.89. The minimum Gasteiger partial charge on any atom is -0.360 e. The van der Waals surface area contributed by atoms with Gasteiger partial charge >= 0.3 is 5.51 Å². The van der Waals surface area contributed by atoms with Crippen molar-refractivity contribution in [2.45, 2.75) is 10.4 Å². The molecule has 15 heavy (non-hydrogen) atoms. The first-order chi connectivity index (χ1) is 6.96. The van der Waals surface area contributed by atoms with Crippen LogP contribution < -0.4 is 0 Å². The van der Waals surface area contributed by atoms with Gasteiger partial charge in [0.25, 0.3) is 0 Å². The van der Waals surface area contributed by atoms with Crippen molar-refractivity contribution in [3.05, 3.63) is 30.2 Å². The highest BCUT2D eigenvalue weighted by Gasteiger charge is 2.30. The van der Waals surface area contributed by atoms with Gasteiger partial charge in [0.1, 0.15) is 5.82 Å². The lowest BCUT2D eigenvalue weighted by Gasteiger charge is -2.03. The summed E-state index contributed by atoms with van der Waals surface area (Å²) >= 11 is -0.252. The summed E-state index contributed by atoms with van der Waals surface area (Å²) in [6, 6.07) is 3.69. The standard InChI is InChI=1S/C9H5F4NS/c10-5-1-2-7-6(3-5)8(4-14-7)15-9(11,12)13/h1-4,14H. The van der Waals surface area contributed by atoms with E-state index in [9.17, 15) is 17.6 Å². The number of H-pyrrole nitrogens is 1. The Kier molecular flexibility index (Phi) is 2.38. The number of halogens is 4. The number of aromatic nitrogens is 1. The fourth-order valence-electron chi connectivity index (χ4n) is 1.28. The number of rotatable bonds is 1. The van der Waals surface area contributed by atoms with E-state index in [4.69, 9.17) is 0 Å². The fraction of sp³-hybridized carbons (Fsp3) is 0.111. The topological polar surface area (TPSA) is 15.8 Å². The molecule has 2 aromatic rings. The van der Waals surface area contributed by atoms with Gasteiger partial charge in [-0.15, -0.1) is 0 Å². The van der Waals surface area contributed by atoms with Crippen LogP contribution >= 0.6 is 11.8 Å². The molecule has 2 rings (SSSR count). The Morgan fingerprint density at radius 2 is 1.93 bits per heavy atom. The van der Waals surface area contributed by atoms with Gasteiger partial charge in [-0.1, -0.05) is 0 Å². The van der Waals surface area contributed by atoms with Crippen molar-refractivity contribution < 1.29 is 17.6 Å². The largest absolute Gasteiger partial charge is 0.446 e. The summed E-state index contributed by atoms with van der Waals surface area (Å²) in [6.07, 6.45) is 1.22. The zero-order chi connectivity index (χ0) is 11.1. The molecule has 0 radical (unpaired) electrons. The van der Waals surface area contributed by atoms with Gasteiger partial charge in [-0.3, -0.25) is 0 Å². The summed E-state index contributed by atoms with van der Waals surface area (Å²) in [7, 11) is 0. The molecule has 0 aliphatic rings. The maximum absolute atomic E-state index is 12.8. The Balaban J connectivity index is 2.48. The molecule has 1 heterocycles. The van der Waals surface area contributed by atoms with Gasteiger partial charge in [-0.25, -0.2) is 4.39 Å². The third-order valence-corrected chi connectivity index (χ3v) is 2.62. The van der Waals surface area contributed by atoms with Crippen LogP contribution in [0.5, 0.6) is 0 Å². The molecule has 1 N–H and O–H groups in total. The lowest BCUT2D eigenvalue weighted by Crippen LogP contribution is -1.98. The number of aromatic amines is 1. The molecule has 80 valence electrons. The molecule has 0 saturated heterocycles. The van der Waals surface area contributed by atoms with E-state index >= 15 is 0 Å². The van der Waals surface area contributed by atoms with E-state index < -0.39 is 11.3 Å².